The van der Waals surface area contributed by atoms with Crippen LogP contribution in [0.4, 0.5) is 0 Å². The third-order valence-electron chi connectivity index (χ3n) is 4.75. The molecule has 0 unspecified atom stereocenters. The van der Waals surface area contributed by atoms with E-state index in [0.717, 1.165) is 43.0 Å². The van der Waals surface area contributed by atoms with Crippen LogP contribution in [-0.4, -0.2) is 51.5 Å². The van der Waals surface area contributed by atoms with Gasteiger partial charge in [0, 0.05) is 0 Å². The Labute approximate surface area is 173 Å². The minimum Gasteiger partial charge on any atom is -0.494 e. The summed E-state index contributed by atoms with van der Waals surface area (Å²) >= 11 is 0. The number of carboxylic acid groups (broad SMARTS) is 1. The van der Waals surface area contributed by atoms with Gasteiger partial charge in [0.25, 0.3) is 0 Å². The molecule has 0 amide bonds. The highest BCUT2D eigenvalue weighted by Gasteiger charge is 2.21. The molecule has 3 N–H and O–H groups in total. The zero-order valence-corrected chi connectivity index (χ0v) is 17.9. The largest absolute Gasteiger partial charge is 0.494 e. The van der Waals surface area contributed by atoms with Crippen molar-refractivity contribution in [3.63, 3.8) is 0 Å². The van der Waals surface area contributed by atoms with Crippen LogP contribution in [-0.2, 0) is 21.2 Å². The number of hydrogen-bond donors (Lipinski definition) is 3. The van der Waals surface area contributed by atoms with Crippen LogP contribution in [0.3, 0.4) is 0 Å². The Bertz CT molecular complexity index is 691. The number of hydrogen-bond acceptors (Lipinski definition) is 5. The molecular formula is C19H31ClN2O5S. The number of unbranched alkanes of at least 4 members (excludes halogenated alkanes) is 1. The Hall–Kier alpha value is -1.35. The second kappa shape index (κ2) is 12.3. The third kappa shape index (κ3) is 9.73. The summed E-state index contributed by atoms with van der Waals surface area (Å²) in [4.78, 5) is 11.2. The summed E-state index contributed by atoms with van der Waals surface area (Å²) in [6, 6.07) is 5.94. The average Bonchev–Trinajstić information content (AvgIpc) is 2.62. The molecule has 2 rings (SSSR count). The van der Waals surface area contributed by atoms with Crippen LogP contribution in [0.25, 0.3) is 0 Å². The van der Waals surface area contributed by atoms with Gasteiger partial charge in [-0.25, -0.2) is 13.1 Å². The first-order chi connectivity index (χ1) is 12.8. The van der Waals surface area contributed by atoms with Crippen molar-refractivity contribution in [1.82, 2.24) is 10.0 Å². The highest BCUT2D eigenvalue weighted by molar-refractivity contribution is 7.88. The van der Waals surface area contributed by atoms with Crippen LogP contribution in [0.2, 0.25) is 0 Å². The molecule has 1 fully saturated rings. The van der Waals surface area contributed by atoms with Gasteiger partial charge in [0.1, 0.15) is 11.8 Å². The third-order valence-corrected chi connectivity index (χ3v) is 5.46. The molecule has 1 atom stereocenters. The number of carbonyl (C=O) groups is 1. The van der Waals surface area contributed by atoms with Gasteiger partial charge in [-0.2, -0.15) is 0 Å². The lowest BCUT2D eigenvalue weighted by molar-refractivity contribution is -0.138. The summed E-state index contributed by atoms with van der Waals surface area (Å²) in [5.74, 6) is 0.381. The van der Waals surface area contributed by atoms with Gasteiger partial charge >= 0.3 is 5.97 Å². The van der Waals surface area contributed by atoms with E-state index in [1.54, 1.807) is 24.3 Å². The first-order valence-electron chi connectivity index (χ1n) is 9.46. The number of nitrogens with one attached hydrogen (secondary N) is 2. The summed E-state index contributed by atoms with van der Waals surface area (Å²) < 4.78 is 30.4. The molecule has 160 valence electrons. The van der Waals surface area contributed by atoms with Crippen molar-refractivity contribution in [2.75, 3.05) is 26.0 Å². The van der Waals surface area contributed by atoms with Crippen LogP contribution in [0.5, 0.6) is 5.75 Å². The number of halogens is 1. The summed E-state index contributed by atoms with van der Waals surface area (Å²) in [5, 5.41) is 12.5. The molecule has 1 aromatic rings. The fourth-order valence-electron chi connectivity index (χ4n) is 3.29. The number of carboxylic acids is 1. The minimum atomic E-state index is -3.58. The van der Waals surface area contributed by atoms with Crippen molar-refractivity contribution in [2.24, 2.45) is 5.92 Å². The van der Waals surface area contributed by atoms with Crippen LogP contribution < -0.4 is 14.8 Å². The van der Waals surface area contributed by atoms with Crippen molar-refractivity contribution in [3.8, 4) is 5.75 Å². The van der Waals surface area contributed by atoms with E-state index in [9.17, 15) is 13.2 Å². The topological polar surface area (TPSA) is 105 Å². The molecule has 1 aliphatic heterocycles. The van der Waals surface area contributed by atoms with Gasteiger partial charge in [-0.05, 0) is 68.8 Å². The van der Waals surface area contributed by atoms with Crippen molar-refractivity contribution in [2.45, 2.75) is 44.6 Å². The van der Waals surface area contributed by atoms with Gasteiger partial charge in [-0.15, -0.1) is 12.4 Å². The van der Waals surface area contributed by atoms with E-state index in [-0.39, 0.29) is 18.8 Å². The Balaban J connectivity index is 0.00000392. The molecule has 7 nitrogen and oxygen atoms in total. The number of aliphatic carboxylic acids is 1. The molecule has 0 saturated carbocycles. The van der Waals surface area contributed by atoms with E-state index in [2.05, 4.69) is 10.0 Å². The molecule has 0 bridgehead atoms. The van der Waals surface area contributed by atoms with Crippen molar-refractivity contribution in [3.05, 3.63) is 29.8 Å². The Morgan fingerprint density at radius 3 is 2.46 bits per heavy atom. The lowest BCUT2D eigenvalue weighted by Gasteiger charge is -2.22. The van der Waals surface area contributed by atoms with E-state index in [1.165, 1.54) is 25.7 Å². The van der Waals surface area contributed by atoms with Crippen LogP contribution in [0.15, 0.2) is 24.3 Å². The smallest absolute Gasteiger partial charge is 0.322 e. The standard InChI is InChI=1S/C19H30N2O5S.ClH/c1-27(24,25)21-18(19(22)23)14-16-5-7-17(8-6-16)26-13-3-2-4-15-9-11-20-12-10-15;/h5-8,15,18,20-21H,2-4,9-14H2,1H3,(H,22,23);1H/t18-;/m0./s1. The first kappa shape index (κ1) is 24.7. The molecule has 0 aromatic heterocycles. The van der Waals surface area contributed by atoms with Gasteiger partial charge in [0.05, 0.1) is 12.9 Å². The minimum absolute atomic E-state index is 0. The van der Waals surface area contributed by atoms with Crippen LogP contribution in [0, 0.1) is 5.92 Å². The highest BCUT2D eigenvalue weighted by Crippen LogP contribution is 2.19. The fourth-order valence-corrected chi connectivity index (χ4v) is 3.99. The van der Waals surface area contributed by atoms with Crippen molar-refractivity contribution >= 4 is 28.4 Å². The molecule has 28 heavy (non-hydrogen) atoms. The maximum Gasteiger partial charge on any atom is 0.322 e. The second-order valence-electron chi connectivity index (χ2n) is 7.17. The summed E-state index contributed by atoms with van der Waals surface area (Å²) in [7, 11) is -3.58. The molecule has 1 aromatic carbocycles. The first-order valence-corrected chi connectivity index (χ1v) is 11.4. The van der Waals surface area contributed by atoms with E-state index >= 15 is 0 Å². The monoisotopic (exact) mass is 434 g/mol. The molecule has 0 spiro atoms. The maximum atomic E-state index is 11.3. The predicted molar refractivity (Wildman–Crippen MR) is 112 cm³/mol. The van der Waals surface area contributed by atoms with Gasteiger partial charge in [0.2, 0.25) is 10.0 Å². The number of rotatable bonds is 11. The normalized spacial score (nSPS) is 16.2. The van der Waals surface area contributed by atoms with E-state index < -0.39 is 22.0 Å². The van der Waals surface area contributed by atoms with E-state index in [0.29, 0.717) is 6.61 Å². The van der Waals surface area contributed by atoms with Crippen LogP contribution in [0.1, 0.15) is 37.7 Å². The lowest BCUT2D eigenvalue weighted by Crippen LogP contribution is -2.41. The van der Waals surface area contributed by atoms with Crippen molar-refractivity contribution < 1.29 is 23.1 Å². The summed E-state index contributed by atoms with van der Waals surface area (Å²) in [6.07, 6.45) is 7.02. The zero-order valence-electron chi connectivity index (χ0n) is 16.2. The van der Waals surface area contributed by atoms with Gasteiger partial charge in [-0.3, -0.25) is 4.79 Å². The average molecular weight is 435 g/mol. The number of piperidine rings is 1. The van der Waals surface area contributed by atoms with E-state index in [1.807, 2.05) is 0 Å². The number of ether oxygens (including phenoxy) is 1. The fraction of sp³-hybridized carbons (Fsp3) is 0.632. The predicted octanol–water partition coefficient (Wildman–Crippen LogP) is 2.20. The molecule has 1 saturated heterocycles. The van der Waals surface area contributed by atoms with Gasteiger partial charge < -0.3 is 15.2 Å². The SMILES string of the molecule is CS(=O)(=O)N[C@@H](Cc1ccc(OCCCCC2CCNCC2)cc1)C(=O)O.Cl. The van der Waals surface area contributed by atoms with Crippen LogP contribution >= 0.6 is 12.4 Å². The molecule has 0 aliphatic carbocycles. The molecule has 0 radical (unpaired) electrons. The molecular weight excluding hydrogens is 404 g/mol. The zero-order chi connectivity index (χ0) is 19.7. The van der Waals surface area contributed by atoms with Gasteiger partial charge in [0.15, 0.2) is 0 Å². The summed E-state index contributed by atoms with van der Waals surface area (Å²) in [5.41, 5.74) is 0.733. The second-order valence-corrected chi connectivity index (χ2v) is 8.95. The quantitative estimate of drug-likeness (QED) is 0.461. The molecule has 9 heteroatoms. The summed E-state index contributed by atoms with van der Waals surface area (Å²) in [6.45, 7) is 2.93. The Morgan fingerprint density at radius 1 is 1.25 bits per heavy atom. The van der Waals surface area contributed by atoms with Crippen molar-refractivity contribution in [1.29, 1.82) is 0 Å². The molecule has 1 aliphatic rings. The van der Waals surface area contributed by atoms with Gasteiger partial charge in [-0.1, -0.05) is 18.6 Å². The molecule has 1 heterocycles. The number of benzene rings is 1. The highest BCUT2D eigenvalue weighted by atomic mass is 35.5. The number of sulfonamides is 1. The maximum absolute atomic E-state index is 11.3. The Kier molecular flexibility index (Phi) is 10.8. The lowest BCUT2D eigenvalue weighted by atomic mass is 9.93. The van der Waals surface area contributed by atoms with E-state index in [4.69, 9.17) is 9.84 Å². The Morgan fingerprint density at radius 2 is 1.89 bits per heavy atom.